The molecule has 0 aliphatic carbocycles. The van der Waals surface area contributed by atoms with E-state index >= 15 is 0 Å². The van der Waals surface area contributed by atoms with E-state index in [-0.39, 0.29) is 12.4 Å². The first-order valence-electron chi connectivity index (χ1n) is 14.5. The van der Waals surface area contributed by atoms with Gasteiger partial charge in [0.2, 0.25) is 0 Å². The van der Waals surface area contributed by atoms with Crippen molar-refractivity contribution in [3.05, 3.63) is 23.7 Å². The monoisotopic (exact) mass is 480 g/mol. The molecule has 0 atom stereocenters. The number of hydrogen-bond donors (Lipinski definition) is 1. The van der Waals surface area contributed by atoms with Crippen LogP contribution in [0.25, 0.3) is 0 Å². The third-order valence-electron chi connectivity index (χ3n) is 6.24. The number of carbonyl (C=O) groups is 1. The molecule has 0 aliphatic heterocycles. The molecule has 1 aromatic heterocycles. The molecule has 0 amide bonds. The van der Waals surface area contributed by atoms with Gasteiger partial charge in [-0.2, -0.15) is 0 Å². The van der Waals surface area contributed by atoms with Gasteiger partial charge in [0.1, 0.15) is 12.4 Å². The van der Waals surface area contributed by atoms with Gasteiger partial charge in [0.15, 0.2) is 12.0 Å². The van der Waals surface area contributed by atoms with Crippen molar-refractivity contribution in [2.75, 3.05) is 13.2 Å². The van der Waals surface area contributed by atoms with Crippen molar-refractivity contribution in [2.24, 2.45) is 0 Å². The first kappa shape index (κ1) is 32.9. The van der Waals surface area contributed by atoms with E-state index in [0.717, 1.165) is 13.2 Å². The van der Waals surface area contributed by atoms with E-state index < -0.39 is 0 Å². The van der Waals surface area contributed by atoms with Crippen molar-refractivity contribution >= 4 is 6.29 Å². The van der Waals surface area contributed by atoms with Crippen LogP contribution in [0, 0.1) is 0 Å². The minimum Gasteiger partial charge on any atom is -0.456 e. The molecule has 0 aromatic carbocycles. The molecule has 1 aromatic rings. The molecule has 0 saturated heterocycles. The zero-order valence-corrected chi connectivity index (χ0v) is 22.7. The lowest BCUT2D eigenvalue weighted by Gasteiger charge is -2.05. The number of carbonyl (C=O) groups excluding carboxylic acids is 1. The van der Waals surface area contributed by atoms with Crippen LogP contribution in [0.2, 0.25) is 0 Å². The highest BCUT2D eigenvalue weighted by atomic mass is 16.5. The van der Waals surface area contributed by atoms with E-state index in [4.69, 9.17) is 14.3 Å². The molecule has 0 spiro atoms. The second-order valence-corrected chi connectivity index (χ2v) is 9.56. The van der Waals surface area contributed by atoms with Gasteiger partial charge in [0, 0.05) is 13.2 Å². The summed E-state index contributed by atoms with van der Waals surface area (Å²) in [6, 6.07) is 3.07. The molecule has 34 heavy (non-hydrogen) atoms. The van der Waals surface area contributed by atoms with E-state index in [0.29, 0.717) is 12.0 Å². The SMILES string of the molecule is CCCCCCCCCCCCOCCCCCCCCCCCC.O=Cc1ccc(CO)o1. The lowest BCUT2D eigenvalue weighted by molar-refractivity contribution is 0.109. The van der Waals surface area contributed by atoms with E-state index in [9.17, 15) is 4.79 Å². The van der Waals surface area contributed by atoms with E-state index in [1.165, 1.54) is 134 Å². The van der Waals surface area contributed by atoms with E-state index in [1.807, 2.05) is 0 Å². The summed E-state index contributed by atoms with van der Waals surface area (Å²) in [5, 5.41) is 8.44. The minimum atomic E-state index is -0.159. The Labute approximate surface area is 211 Å². The third-order valence-corrected chi connectivity index (χ3v) is 6.24. The number of unbranched alkanes of at least 4 members (excludes halogenated alkanes) is 18. The molecule has 0 saturated carbocycles. The minimum absolute atomic E-state index is 0.159. The summed E-state index contributed by atoms with van der Waals surface area (Å²) < 4.78 is 10.5. The van der Waals surface area contributed by atoms with Gasteiger partial charge in [-0.25, -0.2) is 0 Å². The summed E-state index contributed by atoms with van der Waals surface area (Å²) in [7, 11) is 0. The molecule has 1 N–H and O–H groups in total. The van der Waals surface area contributed by atoms with Gasteiger partial charge in [-0.1, -0.05) is 129 Å². The van der Waals surface area contributed by atoms with Gasteiger partial charge in [-0.3, -0.25) is 4.79 Å². The standard InChI is InChI=1S/C24H50O.C6H6O3/c1-3-5-7-9-11-13-15-17-19-21-23-25-24-22-20-18-16-14-12-10-8-6-4-2;7-3-5-1-2-6(4-8)9-5/h3-24H2,1-2H3;1-3,8H,4H2. The summed E-state index contributed by atoms with van der Waals surface area (Å²) >= 11 is 0. The van der Waals surface area contributed by atoms with Gasteiger partial charge in [0.25, 0.3) is 0 Å². The number of aliphatic hydroxyl groups excluding tert-OH is 1. The molecule has 200 valence electrons. The Balaban J connectivity index is 0.000000999. The Kier molecular flexibility index (Phi) is 27.2. The maximum absolute atomic E-state index is 9.96. The van der Waals surface area contributed by atoms with Crippen molar-refractivity contribution in [2.45, 2.75) is 149 Å². The zero-order chi connectivity index (χ0) is 25.0. The van der Waals surface area contributed by atoms with Crippen molar-refractivity contribution in [3.63, 3.8) is 0 Å². The van der Waals surface area contributed by atoms with Crippen LogP contribution < -0.4 is 0 Å². The van der Waals surface area contributed by atoms with E-state index in [2.05, 4.69) is 13.8 Å². The Hall–Kier alpha value is -1.13. The number of ether oxygens (including phenoxy) is 1. The average Bonchev–Trinajstić information content (AvgIpc) is 3.34. The molecule has 0 fully saturated rings. The fourth-order valence-electron chi connectivity index (χ4n) is 4.03. The maximum atomic E-state index is 9.96. The second-order valence-electron chi connectivity index (χ2n) is 9.56. The highest BCUT2D eigenvalue weighted by molar-refractivity contribution is 5.70. The lowest BCUT2D eigenvalue weighted by atomic mass is 10.1. The van der Waals surface area contributed by atoms with Gasteiger partial charge in [-0.15, -0.1) is 0 Å². The Morgan fingerprint density at radius 1 is 0.647 bits per heavy atom. The van der Waals surface area contributed by atoms with Crippen LogP contribution in [0.3, 0.4) is 0 Å². The first-order valence-corrected chi connectivity index (χ1v) is 14.5. The van der Waals surface area contributed by atoms with Gasteiger partial charge in [-0.05, 0) is 25.0 Å². The lowest BCUT2D eigenvalue weighted by Crippen LogP contribution is -1.97. The molecule has 0 unspecified atom stereocenters. The van der Waals surface area contributed by atoms with Gasteiger partial charge in [0.05, 0.1) is 0 Å². The Morgan fingerprint density at radius 3 is 1.32 bits per heavy atom. The zero-order valence-electron chi connectivity index (χ0n) is 22.7. The summed E-state index contributed by atoms with van der Waals surface area (Å²) in [6.45, 7) is 6.41. The summed E-state index contributed by atoms with van der Waals surface area (Å²) in [5.41, 5.74) is 0. The summed E-state index contributed by atoms with van der Waals surface area (Å²) in [6.07, 6.45) is 28.8. The molecule has 0 bridgehead atoms. The highest BCUT2D eigenvalue weighted by Gasteiger charge is 1.97. The van der Waals surface area contributed by atoms with Crippen molar-refractivity contribution in [1.82, 2.24) is 0 Å². The normalized spacial score (nSPS) is 10.8. The Bertz CT molecular complexity index is 490. The first-order chi connectivity index (χ1) is 16.8. The number of aldehydes is 1. The molecular formula is C30H56O4. The topological polar surface area (TPSA) is 59.7 Å². The third kappa shape index (κ3) is 24.0. The van der Waals surface area contributed by atoms with Crippen LogP contribution >= 0.6 is 0 Å². The fourth-order valence-corrected chi connectivity index (χ4v) is 4.03. The fraction of sp³-hybridized carbons (Fsp3) is 0.833. The molecule has 1 rings (SSSR count). The Morgan fingerprint density at radius 2 is 1.03 bits per heavy atom. The van der Waals surface area contributed by atoms with Crippen molar-refractivity contribution in [3.8, 4) is 0 Å². The number of rotatable bonds is 24. The summed E-state index contributed by atoms with van der Waals surface area (Å²) in [4.78, 5) is 9.96. The maximum Gasteiger partial charge on any atom is 0.185 e. The predicted octanol–water partition coefficient (Wildman–Crippen LogP) is 9.43. The quantitative estimate of drug-likeness (QED) is 0.118. The van der Waals surface area contributed by atoms with Crippen LogP contribution in [0.15, 0.2) is 16.5 Å². The number of furan rings is 1. The van der Waals surface area contributed by atoms with Gasteiger partial charge >= 0.3 is 0 Å². The average molecular weight is 481 g/mol. The highest BCUT2D eigenvalue weighted by Crippen LogP contribution is 2.12. The largest absolute Gasteiger partial charge is 0.456 e. The predicted molar refractivity (Wildman–Crippen MR) is 145 cm³/mol. The second kappa shape index (κ2) is 28.1. The van der Waals surface area contributed by atoms with E-state index in [1.54, 1.807) is 6.07 Å². The van der Waals surface area contributed by atoms with Crippen LogP contribution in [0.4, 0.5) is 0 Å². The molecular weight excluding hydrogens is 424 g/mol. The van der Waals surface area contributed by atoms with Crippen LogP contribution in [-0.2, 0) is 11.3 Å². The molecule has 4 nitrogen and oxygen atoms in total. The molecule has 0 aliphatic rings. The van der Waals surface area contributed by atoms with Crippen LogP contribution in [0.1, 0.15) is 159 Å². The smallest absolute Gasteiger partial charge is 0.185 e. The summed E-state index contributed by atoms with van der Waals surface area (Å²) in [5.74, 6) is 0.663. The molecule has 0 radical (unpaired) electrons. The molecule has 4 heteroatoms. The van der Waals surface area contributed by atoms with Crippen molar-refractivity contribution in [1.29, 1.82) is 0 Å². The number of aliphatic hydroxyl groups is 1. The van der Waals surface area contributed by atoms with Crippen LogP contribution in [-0.4, -0.2) is 24.6 Å². The van der Waals surface area contributed by atoms with Crippen LogP contribution in [0.5, 0.6) is 0 Å². The number of hydrogen-bond acceptors (Lipinski definition) is 4. The van der Waals surface area contributed by atoms with Gasteiger partial charge < -0.3 is 14.3 Å². The molecule has 1 heterocycles. The van der Waals surface area contributed by atoms with Crippen molar-refractivity contribution < 1.29 is 19.1 Å².